The van der Waals surface area contributed by atoms with E-state index in [4.69, 9.17) is 11.1 Å². The quantitative estimate of drug-likeness (QED) is 0.0749. The molecule has 0 aliphatic rings. The minimum absolute atomic E-state index is 0.836. The van der Waals surface area contributed by atoms with Crippen molar-refractivity contribution in [3.63, 3.8) is 0 Å². The molecule has 246 valence electrons. The molecule has 0 bridgehead atoms. The second-order valence-electron chi connectivity index (χ2n) is 11.5. The maximum absolute atomic E-state index is 7.80. The Bertz CT molecular complexity index is 2310. The van der Waals surface area contributed by atoms with E-state index in [-0.39, 0.29) is 0 Å². The van der Waals surface area contributed by atoms with Crippen molar-refractivity contribution in [2.45, 2.75) is 0 Å². The highest BCUT2D eigenvalue weighted by Crippen LogP contribution is 2.35. The highest BCUT2D eigenvalue weighted by atomic mass is 15.0. The van der Waals surface area contributed by atoms with Crippen LogP contribution in [0.4, 0.5) is 17.1 Å². The van der Waals surface area contributed by atoms with Crippen LogP contribution < -0.4 is 22.1 Å². The fourth-order valence-electron chi connectivity index (χ4n) is 6.17. The molecule has 0 spiro atoms. The molecule has 6 nitrogen and oxygen atoms in total. The SMILES string of the molecule is C=C(/C=C\N)c1ccccc1Nc1ccc(N/C(=C\C=N)c2ccc(-c3ccc4c(c3)c3ccccc3n4-c3ccccc3)cc2)cc1.CN. The predicted octanol–water partition coefficient (Wildman–Crippen LogP) is 10.4. The average Bonchev–Trinajstić information content (AvgIpc) is 3.51. The molecule has 7 aromatic rings. The summed E-state index contributed by atoms with van der Waals surface area (Å²) in [7, 11) is 1.50. The second kappa shape index (κ2) is 15.5. The number of aromatic nitrogens is 1. The van der Waals surface area contributed by atoms with Gasteiger partial charge in [0.1, 0.15) is 0 Å². The largest absolute Gasteiger partial charge is 0.405 e. The number of rotatable bonds is 10. The van der Waals surface area contributed by atoms with Crippen LogP contribution in [0, 0.1) is 5.41 Å². The van der Waals surface area contributed by atoms with Gasteiger partial charge in [0.2, 0.25) is 0 Å². The number of hydrogen-bond donors (Lipinski definition) is 5. The van der Waals surface area contributed by atoms with E-state index in [9.17, 15) is 0 Å². The number of anilines is 3. The normalized spacial score (nSPS) is 11.3. The fraction of sp³-hybridized carbons (Fsp3) is 0.0227. The minimum Gasteiger partial charge on any atom is -0.405 e. The van der Waals surface area contributed by atoms with Crippen LogP contribution >= 0.6 is 0 Å². The van der Waals surface area contributed by atoms with E-state index in [0.29, 0.717) is 0 Å². The number of nitrogens with zero attached hydrogens (tertiary/aromatic N) is 1. The summed E-state index contributed by atoms with van der Waals surface area (Å²) in [4.78, 5) is 0. The van der Waals surface area contributed by atoms with Gasteiger partial charge in [-0.3, -0.25) is 0 Å². The summed E-state index contributed by atoms with van der Waals surface area (Å²) in [6, 6.07) is 50.4. The van der Waals surface area contributed by atoms with Gasteiger partial charge in [-0.25, -0.2) is 0 Å². The highest BCUT2D eigenvalue weighted by Gasteiger charge is 2.13. The monoisotopic (exact) mass is 652 g/mol. The van der Waals surface area contributed by atoms with Gasteiger partial charge < -0.3 is 32.1 Å². The summed E-state index contributed by atoms with van der Waals surface area (Å²) in [5, 5.41) is 17.2. The third kappa shape index (κ3) is 6.97. The molecule has 0 saturated heterocycles. The van der Waals surface area contributed by atoms with Crippen molar-refractivity contribution in [3.05, 3.63) is 182 Å². The fourth-order valence-corrected chi connectivity index (χ4v) is 6.17. The lowest BCUT2D eigenvalue weighted by molar-refractivity contribution is 1.18. The summed E-state index contributed by atoms with van der Waals surface area (Å²) >= 11 is 0. The van der Waals surface area contributed by atoms with E-state index in [0.717, 1.165) is 56.3 Å². The van der Waals surface area contributed by atoms with Crippen LogP contribution in [-0.2, 0) is 0 Å². The molecule has 6 aromatic carbocycles. The maximum Gasteiger partial charge on any atom is 0.0541 e. The molecule has 0 aliphatic carbocycles. The molecule has 1 heterocycles. The smallest absolute Gasteiger partial charge is 0.0541 e. The van der Waals surface area contributed by atoms with Gasteiger partial charge >= 0.3 is 0 Å². The van der Waals surface area contributed by atoms with E-state index in [1.807, 2.05) is 54.6 Å². The van der Waals surface area contributed by atoms with E-state index in [2.05, 4.69) is 119 Å². The summed E-state index contributed by atoms with van der Waals surface area (Å²) < 4.78 is 2.33. The first-order valence-electron chi connectivity index (χ1n) is 16.4. The first-order valence-corrected chi connectivity index (χ1v) is 16.4. The van der Waals surface area contributed by atoms with Crippen LogP contribution in [0.15, 0.2) is 171 Å². The molecule has 50 heavy (non-hydrogen) atoms. The molecule has 0 saturated carbocycles. The lowest BCUT2D eigenvalue weighted by atomic mass is 10.0. The Morgan fingerprint density at radius 1 is 0.680 bits per heavy atom. The summed E-state index contributed by atoms with van der Waals surface area (Å²) in [5.74, 6) is 0. The minimum atomic E-state index is 0.836. The standard InChI is InChI=1S/C43H35N5.CH5N/c1-30(25-27-44)37-11-5-7-13-41(37)47-35-22-20-34(21-23-35)46-40(26-28-45)32-17-15-31(16-18-32)33-19-24-43-39(29-33)38-12-6-8-14-42(38)48(43)36-9-3-2-4-10-36;1-2/h2-29,45-47H,1,44H2;2H2,1H3/b27-25-,40-26-,45-28?;. The van der Waals surface area contributed by atoms with Crippen LogP contribution in [0.2, 0.25) is 0 Å². The Labute approximate surface area is 293 Å². The Morgan fingerprint density at radius 2 is 1.32 bits per heavy atom. The van der Waals surface area contributed by atoms with E-state index in [1.165, 1.54) is 41.3 Å². The third-order valence-electron chi connectivity index (χ3n) is 8.48. The summed E-state index contributed by atoms with van der Waals surface area (Å²) in [6.07, 6.45) is 6.38. The van der Waals surface area contributed by atoms with Gasteiger partial charge in [0.05, 0.1) is 11.0 Å². The van der Waals surface area contributed by atoms with Crippen molar-refractivity contribution in [3.8, 4) is 16.8 Å². The topological polar surface area (TPSA) is 105 Å². The van der Waals surface area contributed by atoms with E-state index < -0.39 is 0 Å². The van der Waals surface area contributed by atoms with Gasteiger partial charge in [-0.15, -0.1) is 0 Å². The van der Waals surface area contributed by atoms with E-state index >= 15 is 0 Å². The van der Waals surface area contributed by atoms with Crippen molar-refractivity contribution in [1.29, 1.82) is 5.41 Å². The zero-order chi connectivity index (χ0) is 34.9. The van der Waals surface area contributed by atoms with Crippen LogP contribution in [0.1, 0.15) is 11.1 Å². The molecule has 0 atom stereocenters. The second-order valence-corrected chi connectivity index (χ2v) is 11.5. The Morgan fingerprint density at radius 3 is 2.06 bits per heavy atom. The zero-order valence-corrected chi connectivity index (χ0v) is 28.0. The number of nitrogens with one attached hydrogen (secondary N) is 3. The molecule has 7 N–H and O–H groups in total. The summed E-state index contributed by atoms with van der Waals surface area (Å²) in [5.41, 5.74) is 22.4. The lowest BCUT2D eigenvalue weighted by Gasteiger charge is -2.15. The van der Waals surface area contributed by atoms with E-state index in [1.54, 1.807) is 12.2 Å². The Balaban J connectivity index is 0.00000212. The van der Waals surface area contributed by atoms with Gasteiger partial charge in [0, 0.05) is 51.0 Å². The Hall–Kier alpha value is -6.63. The van der Waals surface area contributed by atoms with Crippen molar-refractivity contribution < 1.29 is 0 Å². The first kappa shape index (κ1) is 33.3. The zero-order valence-electron chi connectivity index (χ0n) is 28.0. The van der Waals surface area contributed by atoms with Crippen LogP contribution in [0.3, 0.4) is 0 Å². The predicted molar refractivity (Wildman–Crippen MR) is 215 cm³/mol. The Kier molecular flexibility index (Phi) is 10.3. The molecule has 0 radical (unpaired) electrons. The summed E-state index contributed by atoms with van der Waals surface area (Å²) in [6.45, 7) is 4.12. The average molecular weight is 653 g/mol. The molecule has 7 rings (SSSR count). The molecule has 0 amide bonds. The van der Waals surface area contributed by atoms with Crippen molar-refractivity contribution in [2.24, 2.45) is 11.5 Å². The third-order valence-corrected chi connectivity index (χ3v) is 8.48. The molecular weight excluding hydrogens is 613 g/mol. The number of para-hydroxylation sites is 3. The first-order chi connectivity index (χ1) is 24.6. The van der Waals surface area contributed by atoms with Crippen molar-refractivity contribution in [2.75, 3.05) is 17.7 Å². The van der Waals surface area contributed by atoms with Crippen molar-refractivity contribution in [1.82, 2.24) is 4.57 Å². The number of hydrogen-bond acceptors (Lipinski definition) is 5. The van der Waals surface area contributed by atoms with Crippen LogP contribution in [0.5, 0.6) is 0 Å². The lowest BCUT2D eigenvalue weighted by Crippen LogP contribution is -2.00. The molecule has 1 aromatic heterocycles. The van der Waals surface area contributed by atoms with Crippen LogP contribution in [0.25, 0.3) is 49.9 Å². The number of nitrogens with two attached hydrogens (primary N) is 2. The van der Waals surface area contributed by atoms with Crippen LogP contribution in [-0.4, -0.2) is 17.8 Å². The van der Waals surface area contributed by atoms with Gasteiger partial charge in [-0.05, 0) is 108 Å². The number of fused-ring (bicyclic) bond motifs is 3. The van der Waals surface area contributed by atoms with Gasteiger partial charge in [-0.2, -0.15) is 0 Å². The number of allylic oxidation sites excluding steroid dienone is 3. The molecule has 0 fully saturated rings. The van der Waals surface area contributed by atoms with Gasteiger partial charge in [0.15, 0.2) is 0 Å². The highest BCUT2D eigenvalue weighted by molar-refractivity contribution is 6.10. The maximum atomic E-state index is 7.80. The van der Waals surface area contributed by atoms with Crippen molar-refractivity contribution >= 4 is 56.4 Å². The molecule has 6 heteroatoms. The van der Waals surface area contributed by atoms with Gasteiger partial charge in [-0.1, -0.05) is 91.5 Å². The molecule has 0 aliphatic heterocycles. The molecule has 0 unspecified atom stereocenters. The number of benzene rings is 6. The molecular formula is C44H40N6. The van der Waals surface area contributed by atoms with Gasteiger partial charge in [0.25, 0.3) is 0 Å².